The third-order valence-corrected chi connectivity index (χ3v) is 7.78. The Balaban J connectivity index is 1.34. The topological polar surface area (TPSA) is 76.2 Å². The molecule has 8 nitrogen and oxygen atoms in total. The van der Waals surface area contributed by atoms with Gasteiger partial charge in [0.15, 0.2) is 0 Å². The van der Waals surface area contributed by atoms with Crippen LogP contribution >= 0.6 is 0 Å². The van der Waals surface area contributed by atoms with E-state index in [4.69, 9.17) is 0 Å². The Kier molecular flexibility index (Phi) is 6.05. The highest BCUT2D eigenvalue weighted by Gasteiger charge is 2.59. The maximum atomic E-state index is 13.4. The van der Waals surface area contributed by atoms with E-state index in [0.29, 0.717) is 32.7 Å². The van der Waals surface area contributed by atoms with Gasteiger partial charge < -0.3 is 24.9 Å². The molecule has 4 rings (SSSR count). The lowest BCUT2D eigenvalue weighted by atomic mass is 9.71. The molecular formula is C24H35N5O3. The largest absolute Gasteiger partial charge is 0.339 e. The van der Waals surface area contributed by atoms with Gasteiger partial charge >= 0.3 is 12.1 Å². The van der Waals surface area contributed by atoms with Crippen LogP contribution in [0.2, 0.25) is 0 Å². The molecule has 1 aromatic carbocycles. The monoisotopic (exact) mass is 441 g/mol. The Bertz CT molecular complexity index is 856. The zero-order valence-electron chi connectivity index (χ0n) is 19.5. The van der Waals surface area contributed by atoms with E-state index in [2.05, 4.69) is 5.32 Å². The molecule has 0 bridgehead atoms. The van der Waals surface area contributed by atoms with E-state index in [9.17, 15) is 14.4 Å². The Morgan fingerprint density at radius 3 is 2.16 bits per heavy atom. The van der Waals surface area contributed by atoms with Crippen LogP contribution in [0.1, 0.15) is 37.7 Å². The summed E-state index contributed by atoms with van der Waals surface area (Å²) >= 11 is 0. The Morgan fingerprint density at radius 2 is 1.56 bits per heavy atom. The van der Waals surface area contributed by atoms with Crippen LogP contribution in [-0.2, 0) is 11.3 Å². The number of amides is 5. The van der Waals surface area contributed by atoms with Gasteiger partial charge in [-0.1, -0.05) is 30.3 Å². The standard InChI is InChI=1S/C24H35N5O3/c1-26(2)22(32)29-13-9-23(10-14-29)18-24(27(3)20(23)30)11-15-28(16-12-24)21(31)25-17-19-7-5-4-6-8-19/h4-8H,9-18H2,1-3H3,(H,25,31). The van der Waals surface area contributed by atoms with E-state index in [1.54, 1.807) is 19.0 Å². The SMILES string of the molecule is CN(C)C(=O)N1CCC2(CC1)CC1(CCN(C(=O)NCc3ccccc3)CC1)N(C)C2=O. The minimum atomic E-state index is -0.365. The molecule has 3 saturated heterocycles. The quantitative estimate of drug-likeness (QED) is 0.766. The van der Waals surface area contributed by atoms with Gasteiger partial charge in [-0.2, -0.15) is 0 Å². The second kappa shape index (κ2) is 8.64. The van der Waals surface area contributed by atoms with E-state index < -0.39 is 0 Å². The zero-order valence-corrected chi connectivity index (χ0v) is 19.5. The number of piperidine rings is 2. The number of likely N-dealkylation sites (tertiary alicyclic amines) is 3. The maximum Gasteiger partial charge on any atom is 0.319 e. The molecule has 0 radical (unpaired) electrons. The first-order chi connectivity index (χ1) is 15.3. The summed E-state index contributed by atoms with van der Waals surface area (Å²) in [5, 5.41) is 3.01. The average Bonchev–Trinajstić information content (AvgIpc) is 3.00. The fourth-order valence-corrected chi connectivity index (χ4v) is 5.72. The molecule has 5 amide bonds. The minimum Gasteiger partial charge on any atom is -0.339 e. The van der Waals surface area contributed by atoms with Crippen LogP contribution in [0.4, 0.5) is 9.59 Å². The number of urea groups is 2. The van der Waals surface area contributed by atoms with Crippen molar-refractivity contribution in [1.82, 2.24) is 24.9 Å². The van der Waals surface area contributed by atoms with Crippen LogP contribution in [0.5, 0.6) is 0 Å². The fraction of sp³-hybridized carbons (Fsp3) is 0.625. The van der Waals surface area contributed by atoms with Crippen molar-refractivity contribution in [1.29, 1.82) is 0 Å². The number of hydrogen-bond donors (Lipinski definition) is 1. The summed E-state index contributed by atoms with van der Waals surface area (Å²) in [6, 6.07) is 9.88. The zero-order chi connectivity index (χ0) is 22.9. The maximum absolute atomic E-state index is 13.4. The van der Waals surface area contributed by atoms with Crippen LogP contribution in [0.25, 0.3) is 0 Å². The molecular weight excluding hydrogens is 406 g/mol. The van der Waals surface area contributed by atoms with E-state index >= 15 is 0 Å². The van der Waals surface area contributed by atoms with Crippen molar-refractivity contribution >= 4 is 18.0 Å². The van der Waals surface area contributed by atoms with Gasteiger partial charge in [-0.05, 0) is 37.7 Å². The molecule has 0 unspecified atom stereocenters. The number of benzene rings is 1. The molecule has 0 aromatic heterocycles. The Labute approximate surface area is 190 Å². The van der Waals surface area contributed by atoms with Gasteiger partial charge in [0, 0.05) is 59.4 Å². The van der Waals surface area contributed by atoms with E-state index in [1.807, 2.05) is 52.1 Å². The van der Waals surface area contributed by atoms with Crippen LogP contribution in [-0.4, -0.2) is 90.4 Å². The molecule has 1 N–H and O–H groups in total. The average molecular weight is 442 g/mol. The summed E-state index contributed by atoms with van der Waals surface area (Å²) in [6.07, 6.45) is 3.88. The summed E-state index contributed by atoms with van der Waals surface area (Å²) in [4.78, 5) is 45.6. The molecule has 2 spiro atoms. The summed E-state index contributed by atoms with van der Waals surface area (Å²) in [5.41, 5.74) is 0.535. The first-order valence-corrected chi connectivity index (χ1v) is 11.6. The van der Waals surface area contributed by atoms with Gasteiger partial charge in [0.25, 0.3) is 0 Å². The first-order valence-electron chi connectivity index (χ1n) is 11.6. The van der Waals surface area contributed by atoms with Crippen LogP contribution < -0.4 is 5.32 Å². The summed E-state index contributed by atoms with van der Waals surface area (Å²) in [6.45, 7) is 3.07. The summed E-state index contributed by atoms with van der Waals surface area (Å²) in [7, 11) is 5.46. The number of carbonyl (C=O) groups is 3. The molecule has 32 heavy (non-hydrogen) atoms. The number of hydrogen-bond acceptors (Lipinski definition) is 3. The second-order valence-corrected chi connectivity index (χ2v) is 9.84. The lowest BCUT2D eigenvalue weighted by Crippen LogP contribution is -2.54. The number of nitrogens with zero attached hydrogens (tertiary/aromatic N) is 4. The van der Waals surface area contributed by atoms with Crippen molar-refractivity contribution in [2.24, 2.45) is 5.41 Å². The van der Waals surface area contributed by atoms with Gasteiger partial charge in [0.05, 0.1) is 5.41 Å². The fourth-order valence-electron chi connectivity index (χ4n) is 5.72. The van der Waals surface area contributed by atoms with Crippen LogP contribution in [0.15, 0.2) is 30.3 Å². The lowest BCUT2D eigenvalue weighted by molar-refractivity contribution is -0.139. The van der Waals surface area contributed by atoms with Crippen LogP contribution in [0, 0.1) is 5.41 Å². The van der Waals surface area contributed by atoms with Gasteiger partial charge in [-0.3, -0.25) is 4.79 Å². The van der Waals surface area contributed by atoms with E-state index in [1.165, 1.54) is 0 Å². The summed E-state index contributed by atoms with van der Waals surface area (Å²) < 4.78 is 0. The van der Waals surface area contributed by atoms with Gasteiger partial charge in [-0.15, -0.1) is 0 Å². The Hall–Kier alpha value is -2.77. The number of rotatable bonds is 2. The van der Waals surface area contributed by atoms with Crippen molar-refractivity contribution in [2.75, 3.05) is 47.3 Å². The van der Waals surface area contributed by atoms with E-state index in [0.717, 1.165) is 37.7 Å². The minimum absolute atomic E-state index is 0.0168. The first kappa shape index (κ1) is 22.4. The highest BCUT2D eigenvalue weighted by Crippen LogP contribution is 2.52. The van der Waals surface area contributed by atoms with Crippen molar-refractivity contribution in [2.45, 2.75) is 44.2 Å². The van der Waals surface area contributed by atoms with Crippen molar-refractivity contribution < 1.29 is 14.4 Å². The smallest absolute Gasteiger partial charge is 0.319 e. The van der Waals surface area contributed by atoms with Crippen molar-refractivity contribution in [3.63, 3.8) is 0 Å². The highest BCUT2D eigenvalue weighted by atomic mass is 16.2. The van der Waals surface area contributed by atoms with Gasteiger partial charge in [-0.25, -0.2) is 9.59 Å². The predicted molar refractivity (Wildman–Crippen MR) is 122 cm³/mol. The molecule has 174 valence electrons. The van der Waals surface area contributed by atoms with Gasteiger partial charge in [0.2, 0.25) is 5.91 Å². The molecule has 0 saturated carbocycles. The highest BCUT2D eigenvalue weighted by molar-refractivity contribution is 5.87. The predicted octanol–water partition coefficient (Wildman–Crippen LogP) is 2.36. The Morgan fingerprint density at radius 1 is 0.969 bits per heavy atom. The van der Waals surface area contributed by atoms with Crippen molar-refractivity contribution in [3.05, 3.63) is 35.9 Å². The second-order valence-electron chi connectivity index (χ2n) is 9.84. The molecule has 0 aliphatic carbocycles. The third-order valence-electron chi connectivity index (χ3n) is 7.78. The van der Waals surface area contributed by atoms with E-state index in [-0.39, 0.29) is 28.9 Å². The molecule has 3 aliphatic rings. The molecule has 1 aromatic rings. The third kappa shape index (κ3) is 4.02. The molecule has 3 heterocycles. The van der Waals surface area contributed by atoms with Gasteiger partial charge in [0.1, 0.15) is 0 Å². The molecule has 0 atom stereocenters. The normalized spacial score (nSPS) is 21.8. The molecule has 3 fully saturated rings. The molecule has 8 heteroatoms. The van der Waals surface area contributed by atoms with Crippen molar-refractivity contribution in [3.8, 4) is 0 Å². The lowest BCUT2D eigenvalue weighted by Gasteiger charge is -2.44. The molecule has 3 aliphatic heterocycles. The number of nitrogens with one attached hydrogen (secondary N) is 1. The van der Waals surface area contributed by atoms with Crippen LogP contribution in [0.3, 0.4) is 0 Å². The number of carbonyl (C=O) groups excluding carboxylic acids is 3. The summed E-state index contributed by atoms with van der Waals surface area (Å²) in [5.74, 6) is 0.219.